The molecule has 0 atom stereocenters. The van der Waals surface area contributed by atoms with Crippen LogP contribution in [0.2, 0.25) is 10.2 Å². The van der Waals surface area contributed by atoms with Crippen molar-refractivity contribution in [3.8, 4) is 6.07 Å². The molecule has 8 heteroatoms. The zero-order valence-corrected chi connectivity index (χ0v) is 18.3. The number of nitrogens with zero attached hydrogens (tertiary/aromatic N) is 5. The van der Waals surface area contributed by atoms with Gasteiger partial charge in [0.05, 0.1) is 11.2 Å². The van der Waals surface area contributed by atoms with E-state index in [1.807, 2.05) is 24.3 Å². The number of benzene rings is 1. The van der Waals surface area contributed by atoms with Crippen LogP contribution in [0.5, 0.6) is 0 Å². The smallest absolute Gasteiger partial charge is 0.270 e. The second-order valence-electron chi connectivity index (χ2n) is 7.51. The van der Waals surface area contributed by atoms with Crippen molar-refractivity contribution in [2.45, 2.75) is 18.9 Å². The van der Waals surface area contributed by atoms with Crippen LogP contribution in [0.3, 0.4) is 0 Å². The van der Waals surface area contributed by atoms with Crippen molar-refractivity contribution in [2.24, 2.45) is 7.05 Å². The lowest BCUT2D eigenvalue weighted by Gasteiger charge is -2.39. The Kier molecular flexibility index (Phi) is 5.59. The summed E-state index contributed by atoms with van der Waals surface area (Å²) in [7, 11) is 3.73. The second-order valence-corrected chi connectivity index (χ2v) is 8.33. The fourth-order valence-electron chi connectivity index (χ4n) is 4.14. The Labute approximate surface area is 184 Å². The Bertz CT molecular complexity index is 1190. The summed E-state index contributed by atoms with van der Waals surface area (Å²) < 4.78 is 1.46. The predicted octanol–water partition coefficient (Wildman–Crippen LogP) is 4.22. The maximum atomic E-state index is 12.8. The highest BCUT2D eigenvalue weighted by molar-refractivity contribution is 6.30. The van der Waals surface area contributed by atoms with Crippen LogP contribution in [0.4, 0.5) is 11.4 Å². The van der Waals surface area contributed by atoms with Crippen molar-refractivity contribution in [1.29, 1.82) is 5.26 Å². The van der Waals surface area contributed by atoms with Gasteiger partial charge in [0.25, 0.3) is 5.56 Å². The van der Waals surface area contributed by atoms with Gasteiger partial charge in [-0.2, -0.15) is 5.26 Å². The third kappa shape index (κ3) is 3.60. The molecular weight excluding hydrogens is 421 g/mol. The van der Waals surface area contributed by atoms with E-state index in [0.29, 0.717) is 41.0 Å². The molecule has 0 radical (unpaired) electrons. The van der Waals surface area contributed by atoms with Crippen LogP contribution in [0, 0.1) is 11.3 Å². The molecule has 1 aliphatic rings. The lowest BCUT2D eigenvalue weighted by Crippen LogP contribution is -2.44. The Morgan fingerprint density at radius 1 is 1.13 bits per heavy atom. The van der Waals surface area contributed by atoms with Crippen LogP contribution in [0.15, 0.2) is 41.2 Å². The van der Waals surface area contributed by atoms with Crippen molar-refractivity contribution in [2.75, 3.05) is 29.9 Å². The zero-order chi connectivity index (χ0) is 21.4. The molecular formula is C22H21Cl2N5O. The molecule has 3 aromatic rings. The fourth-order valence-corrected chi connectivity index (χ4v) is 4.42. The van der Waals surface area contributed by atoms with E-state index in [1.165, 1.54) is 4.57 Å². The molecule has 6 nitrogen and oxygen atoms in total. The van der Waals surface area contributed by atoms with Crippen LogP contribution in [-0.4, -0.2) is 35.7 Å². The van der Waals surface area contributed by atoms with E-state index in [9.17, 15) is 10.1 Å². The zero-order valence-electron chi connectivity index (χ0n) is 16.8. The van der Waals surface area contributed by atoms with E-state index in [1.54, 1.807) is 19.2 Å². The minimum Gasteiger partial charge on any atom is -0.371 e. The van der Waals surface area contributed by atoms with E-state index in [2.05, 4.69) is 27.9 Å². The summed E-state index contributed by atoms with van der Waals surface area (Å²) in [4.78, 5) is 21.6. The minimum atomic E-state index is -0.315. The standard InChI is InChI=1S/C22H21Cl2N5O/c1-27(15-5-3-14(23)4-6-15)16-9-11-29(12-10-16)21-17(13-25)22(30)28(2)18-7-8-19(24)26-20(18)21/h3-8,16H,9-12H2,1-2H3. The molecule has 0 aliphatic carbocycles. The van der Waals surface area contributed by atoms with E-state index >= 15 is 0 Å². The average Bonchev–Trinajstić information content (AvgIpc) is 2.76. The molecule has 0 bridgehead atoms. The first kappa shape index (κ1) is 20.5. The van der Waals surface area contributed by atoms with Crippen molar-refractivity contribution >= 4 is 45.6 Å². The first-order valence-electron chi connectivity index (χ1n) is 9.73. The predicted molar refractivity (Wildman–Crippen MR) is 122 cm³/mol. The topological polar surface area (TPSA) is 65.2 Å². The number of aromatic nitrogens is 2. The van der Waals surface area contributed by atoms with Crippen LogP contribution >= 0.6 is 23.2 Å². The van der Waals surface area contributed by atoms with Gasteiger partial charge < -0.3 is 14.4 Å². The molecule has 1 aliphatic heterocycles. The van der Waals surface area contributed by atoms with Gasteiger partial charge in [0.1, 0.15) is 22.3 Å². The van der Waals surface area contributed by atoms with E-state index in [0.717, 1.165) is 23.6 Å². The number of piperidine rings is 1. The third-order valence-electron chi connectivity index (χ3n) is 5.86. The van der Waals surface area contributed by atoms with E-state index in [-0.39, 0.29) is 11.1 Å². The monoisotopic (exact) mass is 441 g/mol. The number of nitriles is 1. The van der Waals surface area contributed by atoms with E-state index in [4.69, 9.17) is 23.2 Å². The minimum absolute atomic E-state index is 0.115. The van der Waals surface area contributed by atoms with Gasteiger partial charge in [-0.1, -0.05) is 23.2 Å². The van der Waals surface area contributed by atoms with Gasteiger partial charge in [-0.3, -0.25) is 4.79 Å². The number of hydrogen-bond acceptors (Lipinski definition) is 5. The summed E-state index contributed by atoms with van der Waals surface area (Å²) in [6, 6.07) is 13.7. The van der Waals surface area contributed by atoms with Gasteiger partial charge in [-0.15, -0.1) is 0 Å². The van der Waals surface area contributed by atoms with Crippen LogP contribution < -0.4 is 15.4 Å². The quantitative estimate of drug-likeness (QED) is 0.569. The highest BCUT2D eigenvalue weighted by Crippen LogP contribution is 2.32. The molecule has 1 saturated heterocycles. The number of pyridine rings is 2. The van der Waals surface area contributed by atoms with E-state index < -0.39 is 0 Å². The highest BCUT2D eigenvalue weighted by Gasteiger charge is 2.28. The SMILES string of the molecule is CN(c1ccc(Cl)cc1)C1CCN(c2c(C#N)c(=O)n(C)c3ccc(Cl)nc23)CC1. The van der Waals surface area contributed by atoms with Gasteiger partial charge in [-0.25, -0.2) is 4.98 Å². The summed E-state index contributed by atoms with van der Waals surface area (Å²) in [6.45, 7) is 1.43. The molecule has 0 amide bonds. The Morgan fingerprint density at radius 3 is 2.43 bits per heavy atom. The summed E-state index contributed by atoms with van der Waals surface area (Å²) in [6.07, 6.45) is 1.78. The third-order valence-corrected chi connectivity index (χ3v) is 6.32. The first-order chi connectivity index (χ1) is 14.4. The van der Waals surface area contributed by atoms with Gasteiger partial charge in [0.2, 0.25) is 0 Å². The van der Waals surface area contributed by atoms with Gasteiger partial charge in [-0.05, 0) is 49.2 Å². The normalized spacial score (nSPS) is 14.7. The number of hydrogen-bond donors (Lipinski definition) is 0. The van der Waals surface area contributed by atoms with Crippen molar-refractivity contribution < 1.29 is 0 Å². The number of rotatable bonds is 3. The largest absolute Gasteiger partial charge is 0.371 e. The number of fused-ring (bicyclic) bond motifs is 1. The van der Waals surface area contributed by atoms with Crippen LogP contribution in [0.1, 0.15) is 18.4 Å². The van der Waals surface area contributed by atoms with Crippen LogP contribution in [-0.2, 0) is 7.05 Å². The summed E-state index contributed by atoms with van der Waals surface area (Å²) >= 11 is 12.2. The molecule has 4 rings (SSSR count). The lowest BCUT2D eigenvalue weighted by molar-refractivity contribution is 0.482. The molecule has 2 aromatic heterocycles. The summed E-state index contributed by atoms with van der Waals surface area (Å²) in [5.74, 6) is 0. The van der Waals surface area contributed by atoms with Crippen molar-refractivity contribution in [1.82, 2.24) is 9.55 Å². The van der Waals surface area contributed by atoms with Gasteiger partial charge in [0.15, 0.2) is 0 Å². The molecule has 1 fully saturated rings. The lowest BCUT2D eigenvalue weighted by atomic mass is 10.0. The number of halogens is 2. The molecule has 154 valence electrons. The van der Waals surface area contributed by atoms with Crippen LogP contribution in [0.25, 0.3) is 11.0 Å². The molecule has 0 spiro atoms. The van der Waals surface area contributed by atoms with Crippen molar-refractivity contribution in [3.05, 3.63) is 62.5 Å². The Balaban J connectivity index is 1.66. The number of anilines is 2. The molecule has 30 heavy (non-hydrogen) atoms. The van der Waals surface area contributed by atoms with Gasteiger partial charge >= 0.3 is 0 Å². The molecule has 1 aromatic carbocycles. The Hall–Kier alpha value is -2.75. The Morgan fingerprint density at radius 2 is 1.80 bits per heavy atom. The second kappa shape index (κ2) is 8.17. The molecule has 3 heterocycles. The first-order valence-corrected chi connectivity index (χ1v) is 10.5. The highest BCUT2D eigenvalue weighted by atomic mass is 35.5. The summed E-state index contributed by atoms with van der Waals surface area (Å²) in [5, 5.41) is 10.8. The van der Waals surface area contributed by atoms with Crippen molar-refractivity contribution in [3.63, 3.8) is 0 Å². The summed E-state index contributed by atoms with van der Waals surface area (Å²) in [5.41, 5.74) is 2.76. The maximum Gasteiger partial charge on any atom is 0.270 e. The average molecular weight is 442 g/mol. The molecule has 0 unspecified atom stereocenters. The molecule has 0 saturated carbocycles. The number of aryl methyl sites for hydroxylation is 1. The van der Waals surface area contributed by atoms with Gasteiger partial charge in [0, 0.05) is 43.9 Å². The maximum absolute atomic E-state index is 12.8. The molecule has 0 N–H and O–H groups in total. The fraction of sp³-hybridized carbons (Fsp3) is 0.318.